The maximum Gasteiger partial charge on any atom is 0.231 e. The highest BCUT2D eigenvalue weighted by atomic mass is 35.5. The summed E-state index contributed by atoms with van der Waals surface area (Å²) >= 11 is 5.98. The van der Waals surface area contributed by atoms with Crippen molar-refractivity contribution >= 4 is 17.4 Å². The third kappa shape index (κ3) is 4.27. The Morgan fingerprint density at radius 1 is 1.03 bits per heavy atom. The van der Waals surface area contributed by atoms with Crippen molar-refractivity contribution in [2.75, 3.05) is 18.0 Å². The monoisotopic (exact) mass is 432 g/mol. The van der Waals surface area contributed by atoms with Crippen LogP contribution in [-0.4, -0.2) is 38.2 Å². The number of nitrogens with zero attached hydrogens (tertiary/aromatic N) is 6. The van der Waals surface area contributed by atoms with Gasteiger partial charge in [0.2, 0.25) is 11.7 Å². The quantitative estimate of drug-likeness (QED) is 0.452. The number of pyridine rings is 1. The topological polar surface area (TPSA) is 80.8 Å². The molecule has 31 heavy (non-hydrogen) atoms. The molecule has 1 fully saturated rings. The number of anilines is 1. The molecule has 3 aromatic heterocycles. The van der Waals surface area contributed by atoms with Crippen molar-refractivity contribution in [1.29, 1.82) is 0 Å². The standard InChI is InChI=1S/C23H21ClN6O/c1-15-12-20(27-21(26-15)17-4-2-10-25-13-17)30-11-3-5-18(14-30)23-28-22(29-31-23)16-6-8-19(24)9-7-16/h2,4,6-10,12-13,18H,3,5,11,14H2,1H3. The second-order valence-corrected chi connectivity index (χ2v) is 8.12. The van der Waals surface area contributed by atoms with Gasteiger partial charge in [-0.2, -0.15) is 4.98 Å². The molecular weight excluding hydrogens is 412 g/mol. The van der Waals surface area contributed by atoms with Crippen LogP contribution in [0.3, 0.4) is 0 Å². The molecule has 0 saturated carbocycles. The molecule has 4 aromatic rings. The van der Waals surface area contributed by atoms with Gasteiger partial charge in [-0.15, -0.1) is 0 Å². The van der Waals surface area contributed by atoms with Crippen molar-refractivity contribution in [3.8, 4) is 22.8 Å². The van der Waals surface area contributed by atoms with Crippen molar-refractivity contribution in [2.24, 2.45) is 0 Å². The van der Waals surface area contributed by atoms with E-state index in [1.165, 1.54) is 0 Å². The zero-order valence-corrected chi connectivity index (χ0v) is 17.8. The van der Waals surface area contributed by atoms with Crippen molar-refractivity contribution in [3.63, 3.8) is 0 Å². The summed E-state index contributed by atoms with van der Waals surface area (Å²) in [6.07, 6.45) is 5.55. The number of hydrogen-bond acceptors (Lipinski definition) is 7. The van der Waals surface area contributed by atoms with Gasteiger partial charge in [0.05, 0.1) is 5.92 Å². The highest BCUT2D eigenvalue weighted by molar-refractivity contribution is 6.30. The van der Waals surface area contributed by atoms with E-state index in [2.05, 4.69) is 25.0 Å². The van der Waals surface area contributed by atoms with E-state index >= 15 is 0 Å². The number of benzene rings is 1. The van der Waals surface area contributed by atoms with Crippen molar-refractivity contribution < 1.29 is 4.52 Å². The molecule has 0 aliphatic carbocycles. The zero-order valence-electron chi connectivity index (χ0n) is 17.1. The van der Waals surface area contributed by atoms with Crippen LogP contribution in [0.1, 0.15) is 30.3 Å². The molecule has 5 rings (SSSR count). The maximum absolute atomic E-state index is 5.98. The van der Waals surface area contributed by atoms with Gasteiger partial charge in [0.25, 0.3) is 0 Å². The first-order chi connectivity index (χ1) is 15.2. The average Bonchev–Trinajstić information content (AvgIpc) is 3.30. The summed E-state index contributed by atoms with van der Waals surface area (Å²) in [5.74, 6) is 2.99. The number of rotatable bonds is 4. The van der Waals surface area contributed by atoms with E-state index in [-0.39, 0.29) is 5.92 Å². The average molecular weight is 433 g/mol. The minimum atomic E-state index is 0.152. The molecule has 0 bridgehead atoms. The van der Waals surface area contributed by atoms with Crippen LogP contribution in [0.15, 0.2) is 59.4 Å². The third-order valence-electron chi connectivity index (χ3n) is 5.40. The fourth-order valence-corrected chi connectivity index (χ4v) is 3.97. The van der Waals surface area contributed by atoms with Gasteiger partial charge >= 0.3 is 0 Å². The lowest BCUT2D eigenvalue weighted by atomic mass is 9.98. The first-order valence-corrected chi connectivity index (χ1v) is 10.6. The summed E-state index contributed by atoms with van der Waals surface area (Å²) in [6.45, 7) is 3.69. The Labute approximate surface area is 185 Å². The molecule has 1 unspecified atom stereocenters. The van der Waals surface area contributed by atoms with Gasteiger partial charge < -0.3 is 9.42 Å². The largest absolute Gasteiger partial charge is 0.356 e. The van der Waals surface area contributed by atoms with E-state index in [9.17, 15) is 0 Å². The molecule has 1 aromatic carbocycles. The van der Waals surface area contributed by atoms with Crippen LogP contribution in [0.25, 0.3) is 22.8 Å². The number of aromatic nitrogens is 5. The van der Waals surface area contributed by atoms with Gasteiger partial charge in [0.1, 0.15) is 5.82 Å². The van der Waals surface area contributed by atoms with Gasteiger partial charge in [-0.3, -0.25) is 4.98 Å². The van der Waals surface area contributed by atoms with Crippen LogP contribution in [0.4, 0.5) is 5.82 Å². The molecular formula is C23H21ClN6O. The van der Waals surface area contributed by atoms with E-state index in [4.69, 9.17) is 21.1 Å². The second-order valence-electron chi connectivity index (χ2n) is 7.68. The van der Waals surface area contributed by atoms with E-state index in [0.29, 0.717) is 22.6 Å². The van der Waals surface area contributed by atoms with Gasteiger partial charge in [-0.05, 0) is 56.2 Å². The lowest BCUT2D eigenvalue weighted by Gasteiger charge is -2.32. The molecule has 7 nitrogen and oxygen atoms in total. The van der Waals surface area contributed by atoms with Gasteiger partial charge in [-0.1, -0.05) is 16.8 Å². The molecule has 0 N–H and O–H groups in total. The fourth-order valence-electron chi connectivity index (χ4n) is 3.84. The van der Waals surface area contributed by atoms with Gasteiger partial charge in [0.15, 0.2) is 5.82 Å². The Kier molecular flexibility index (Phi) is 5.34. The summed E-state index contributed by atoms with van der Waals surface area (Å²) in [5.41, 5.74) is 2.72. The zero-order chi connectivity index (χ0) is 21.2. The first-order valence-electron chi connectivity index (χ1n) is 10.3. The third-order valence-corrected chi connectivity index (χ3v) is 5.65. The molecule has 1 atom stereocenters. The highest BCUT2D eigenvalue weighted by Crippen LogP contribution is 2.31. The van der Waals surface area contributed by atoms with Crippen LogP contribution < -0.4 is 4.90 Å². The van der Waals surface area contributed by atoms with Crippen molar-refractivity contribution in [3.05, 3.63) is 71.5 Å². The Morgan fingerprint density at radius 2 is 1.90 bits per heavy atom. The predicted molar refractivity (Wildman–Crippen MR) is 119 cm³/mol. The Hall–Kier alpha value is -3.32. The van der Waals surface area contributed by atoms with Crippen LogP contribution in [-0.2, 0) is 0 Å². The molecule has 0 amide bonds. The Morgan fingerprint density at radius 3 is 2.71 bits per heavy atom. The molecule has 0 spiro atoms. The van der Waals surface area contributed by atoms with Crippen LogP contribution in [0.5, 0.6) is 0 Å². The second kappa shape index (κ2) is 8.43. The normalized spacial score (nSPS) is 16.5. The molecule has 1 saturated heterocycles. The van der Waals surface area contributed by atoms with E-state index in [1.54, 1.807) is 12.4 Å². The van der Waals surface area contributed by atoms with Crippen LogP contribution in [0, 0.1) is 6.92 Å². The summed E-state index contributed by atoms with van der Waals surface area (Å²) < 4.78 is 5.63. The molecule has 1 aliphatic rings. The van der Waals surface area contributed by atoms with E-state index in [0.717, 1.165) is 48.6 Å². The number of halogens is 1. The maximum atomic E-state index is 5.98. The fraction of sp³-hybridized carbons (Fsp3) is 0.261. The summed E-state index contributed by atoms with van der Waals surface area (Å²) in [4.78, 5) is 20.5. The van der Waals surface area contributed by atoms with Gasteiger partial charge in [-0.25, -0.2) is 9.97 Å². The number of hydrogen-bond donors (Lipinski definition) is 0. The Balaban J connectivity index is 1.38. The minimum Gasteiger partial charge on any atom is -0.356 e. The molecule has 1 aliphatic heterocycles. The minimum absolute atomic E-state index is 0.152. The summed E-state index contributed by atoms with van der Waals surface area (Å²) in [7, 11) is 0. The van der Waals surface area contributed by atoms with Gasteiger partial charge in [0, 0.05) is 53.4 Å². The number of aryl methyl sites for hydroxylation is 1. The van der Waals surface area contributed by atoms with Crippen LogP contribution in [0.2, 0.25) is 5.02 Å². The van der Waals surface area contributed by atoms with Crippen LogP contribution >= 0.6 is 11.6 Å². The Bertz CT molecular complexity index is 1180. The van der Waals surface area contributed by atoms with E-state index < -0.39 is 0 Å². The number of piperidine rings is 1. The SMILES string of the molecule is Cc1cc(N2CCCC(c3nc(-c4ccc(Cl)cc4)no3)C2)nc(-c2cccnc2)n1. The lowest BCUT2D eigenvalue weighted by Crippen LogP contribution is -2.35. The lowest BCUT2D eigenvalue weighted by molar-refractivity contribution is 0.333. The summed E-state index contributed by atoms with van der Waals surface area (Å²) in [5, 5.41) is 4.86. The van der Waals surface area contributed by atoms with E-state index in [1.807, 2.05) is 49.4 Å². The van der Waals surface area contributed by atoms with Crippen molar-refractivity contribution in [2.45, 2.75) is 25.7 Å². The molecule has 0 radical (unpaired) electrons. The predicted octanol–water partition coefficient (Wildman–Crippen LogP) is 4.93. The molecule has 4 heterocycles. The molecule has 156 valence electrons. The smallest absolute Gasteiger partial charge is 0.231 e. The van der Waals surface area contributed by atoms with Crippen molar-refractivity contribution in [1.82, 2.24) is 25.1 Å². The summed E-state index contributed by atoms with van der Waals surface area (Å²) in [6, 6.07) is 13.3. The first kappa shape index (κ1) is 19.6. The molecule has 8 heteroatoms. The highest BCUT2D eigenvalue weighted by Gasteiger charge is 2.27.